The Bertz CT molecular complexity index is 557. The van der Waals surface area contributed by atoms with Gasteiger partial charge in [-0.1, -0.05) is 6.92 Å². The number of likely N-dealkylation sites (tertiary alicyclic amines) is 1. The van der Waals surface area contributed by atoms with Crippen LogP contribution < -0.4 is 5.32 Å². The third-order valence-corrected chi connectivity index (χ3v) is 5.89. The number of H-pyrrole nitrogens is 1. The molecule has 0 aliphatic carbocycles. The first-order chi connectivity index (χ1) is 9.96. The van der Waals surface area contributed by atoms with Gasteiger partial charge in [-0.15, -0.1) is 0 Å². The summed E-state index contributed by atoms with van der Waals surface area (Å²) in [5, 5.41) is 9.86. The highest BCUT2D eigenvalue weighted by Gasteiger charge is 2.30. The zero-order valence-corrected chi connectivity index (χ0v) is 13.8. The molecular formula is C13H25N5O2S. The molecule has 0 spiro atoms. The molecule has 0 radical (unpaired) electrons. The second-order valence-corrected chi connectivity index (χ2v) is 7.55. The molecule has 21 heavy (non-hydrogen) atoms. The van der Waals surface area contributed by atoms with Crippen LogP contribution in [0.3, 0.4) is 0 Å². The first-order valence-corrected chi connectivity index (χ1v) is 8.80. The second kappa shape index (κ2) is 6.87. The average molecular weight is 315 g/mol. The predicted molar refractivity (Wildman–Crippen MR) is 81.4 cm³/mol. The SMILES string of the molecule is CCNCc1cn[nH]c1S(=O)(=O)N(C)CC1CCCN1C. The van der Waals surface area contributed by atoms with Gasteiger partial charge in [0.15, 0.2) is 5.03 Å². The average Bonchev–Trinajstić information content (AvgIpc) is 3.06. The van der Waals surface area contributed by atoms with Crippen molar-refractivity contribution in [3.63, 3.8) is 0 Å². The van der Waals surface area contributed by atoms with Crippen molar-refractivity contribution in [2.45, 2.75) is 37.4 Å². The van der Waals surface area contributed by atoms with E-state index < -0.39 is 10.0 Å². The maximum absolute atomic E-state index is 12.7. The molecule has 2 rings (SSSR count). The van der Waals surface area contributed by atoms with Crippen LogP contribution in [0.15, 0.2) is 11.2 Å². The van der Waals surface area contributed by atoms with Crippen LogP contribution in [0.2, 0.25) is 0 Å². The second-order valence-electron chi connectivity index (χ2n) is 5.57. The maximum Gasteiger partial charge on any atom is 0.260 e. The monoisotopic (exact) mass is 315 g/mol. The summed E-state index contributed by atoms with van der Waals surface area (Å²) in [4.78, 5) is 2.22. The van der Waals surface area contributed by atoms with Gasteiger partial charge in [-0.2, -0.15) is 9.40 Å². The number of sulfonamides is 1. The lowest BCUT2D eigenvalue weighted by atomic mass is 10.2. The number of nitrogens with one attached hydrogen (secondary N) is 2. The molecule has 2 heterocycles. The number of rotatable bonds is 7. The molecule has 1 aliphatic rings. The van der Waals surface area contributed by atoms with Crippen molar-refractivity contribution in [1.29, 1.82) is 0 Å². The Morgan fingerprint density at radius 2 is 2.33 bits per heavy atom. The third kappa shape index (κ3) is 3.63. The van der Waals surface area contributed by atoms with Crippen molar-refractivity contribution >= 4 is 10.0 Å². The molecular weight excluding hydrogens is 290 g/mol. The van der Waals surface area contributed by atoms with E-state index in [9.17, 15) is 8.42 Å². The standard InChI is InChI=1S/C13H25N5O2S/c1-4-14-8-11-9-15-16-13(11)21(19,20)18(3)10-12-6-5-7-17(12)2/h9,12,14H,4-8,10H2,1-3H3,(H,15,16). The van der Waals surface area contributed by atoms with Crippen molar-refractivity contribution in [2.24, 2.45) is 0 Å². The molecule has 0 aromatic carbocycles. The molecule has 1 saturated heterocycles. The van der Waals surface area contributed by atoms with Gasteiger partial charge in [0.25, 0.3) is 10.0 Å². The Morgan fingerprint density at radius 1 is 1.57 bits per heavy atom. The van der Waals surface area contributed by atoms with Crippen LogP contribution in [0, 0.1) is 0 Å². The van der Waals surface area contributed by atoms with E-state index in [1.807, 2.05) is 14.0 Å². The first-order valence-electron chi connectivity index (χ1n) is 7.36. The summed E-state index contributed by atoms with van der Waals surface area (Å²) >= 11 is 0. The van der Waals surface area contributed by atoms with Crippen molar-refractivity contribution in [3.05, 3.63) is 11.8 Å². The van der Waals surface area contributed by atoms with E-state index >= 15 is 0 Å². The Labute approximate surface area is 126 Å². The smallest absolute Gasteiger partial charge is 0.260 e. The summed E-state index contributed by atoms with van der Waals surface area (Å²) in [7, 11) is 0.166. The number of aromatic nitrogens is 2. The molecule has 7 nitrogen and oxygen atoms in total. The van der Waals surface area contributed by atoms with E-state index in [1.54, 1.807) is 13.2 Å². The summed E-state index contributed by atoms with van der Waals surface area (Å²) in [6.07, 6.45) is 3.75. The predicted octanol–water partition coefficient (Wildman–Crippen LogP) is 0.234. The molecule has 1 unspecified atom stereocenters. The molecule has 1 atom stereocenters. The molecule has 0 bridgehead atoms. The quantitative estimate of drug-likeness (QED) is 0.753. The van der Waals surface area contributed by atoms with Crippen LogP contribution in [-0.2, 0) is 16.6 Å². The summed E-state index contributed by atoms with van der Waals surface area (Å²) in [5.41, 5.74) is 0.684. The zero-order chi connectivity index (χ0) is 15.5. The van der Waals surface area contributed by atoms with Gasteiger partial charge in [0.1, 0.15) is 0 Å². The summed E-state index contributed by atoms with van der Waals surface area (Å²) in [6.45, 7) is 4.81. The van der Waals surface area contributed by atoms with Crippen LogP contribution in [0.1, 0.15) is 25.3 Å². The van der Waals surface area contributed by atoms with E-state index in [0.717, 1.165) is 25.9 Å². The summed E-state index contributed by atoms with van der Waals surface area (Å²) in [6, 6.07) is 0.296. The molecule has 1 aromatic heterocycles. The van der Waals surface area contributed by atoms with Gasteiger partial charge in [0.2, 0.25) is 0 Å². The van der Waals surface area contributed by atoms with Gasteiger partial charge in [-0.3, -0.25) is 5.10 Å². The highest BCUT2D eigenvalue weighted by molar-refractivity contribution is 7.89. The minimum atomic E-state index is -3.52. The Morgan fingerprint density at radius 3 is 2.95 bits per heavy atom. The van der Waals surface area contributed by atoms with E-state index in [2.05, 4.69) is 20.4 Å². The van der Waals surface area contributed by atoms with Crippen LogP contribution in [-0.4, -0.2) is 67.6 Å². The van der Waals surface area contributed by atoms with E-state index in [0.29, 0.717) is 24.7 Å². The van der Waals surface area contributed by atoms with Gasteiger partial charge in [0, 0.05) is 31.7 Å². The van der Waals surface area contributed by atoms with E-state index in [1.165, 1.54) is 4.31 Å². The van der Waals surface area contributed by atoms with Crippen LogP contribution in [0.5, 0.6) is 0 Å². The molecule has 0 saturated carbocycles. The van der Waals surface area contributed by atoms with Gasteiger partial charge < -0.3 is 10.2 Å². The van der Waals surface area contributed by atoms with Crippen LogP contribution >= 0.6 is 0 Å². The number of aromatic amines is 1. The normalized spacial score (nSPS) is 20.5. The highest BCUT2D eigenvalue weighted by atomic mass is 32.2. The van der Waals surface area contributed by atoms with Gasteiger partial charge in [0.05, 0.1) is 6.20 Å². The zero-order valence-electron chi connectivity index (χ0n) is 13.0. The fourth-order valence-corrected chi connectivity index (χ4v) is 3.97. The lowest BCUT2D eigenvalue weighted by Gasteiger charge is -2.25. The Hall–Kier alpha value is -0.960. The molecule has 0 amide bonds. The fraction of sp³-hybridized carbons (Fsp3) is 0.769. The summed E-state index contributed by atoms with van der Waals surface area (Å²) in [5.74, 6) is 0. The number of hydrogen-bond donors (Lipinski definition) is 2. The molecule has 1 fully saturated rings. The molecule has 8 heteroatoms. The number of likely N-dealkylation sites (N-methyl/N-ethyl adjacent to an activating group) is 2. The van der Waals surface area contributed by atoms with E-state index in [-0.39, 0.29) is 5.03 Å². The minimum Gasteiger partial charge on any atom is -0.313 e. The fourth-order valence-electron chi connectivity index (χ4n) is 2.67. The number of nitrogens with zero attached hydrogens (tertiary/aromatic N) is 3. The highest BCUT2D eigenvalue weighted by Crippen LogP contribution is 2.20. The van der Waals surface area contributed by atoms with Crippen molar-refractivity contribution in [3.8, 4) is 0 Å². The Balaban J connectivity index is 2.11. The topological polar surface area (TPSA) is 81.3 Å². The summed E-state index contributed by atoms with van der Waals surface area (Å²) < 4.78 is 26.8. The van der Waals surface area contributed by atoms with Crippen molar-refractivity contribution < 1.29 is 8.42 Å². The van der Waals surface area contributed by atoms with Gasteiger partial charge in [-0.25, -0.2) is 8.42 Å². The molecule has 120 valence electrons. The molecule has 2 N–H and O–H groups in total. The lowest BCUT2D eigenvalue weighted by molar-refractivity contribution is 0.270. The molecule has 1 aromatic rings. The first kappa shape index (κ1) is 16.4. The molecule has 1 aliphatic heterocycles. The lowest BCUT2D eigenvalue weighted by Crippen LogP contribution is -2.40. The third-order valence-electron chi connectivity index (χ3n) is 4.05. The number of hydrogen-bond acceptors (Lipinski definition) is 5. The van der Waals surface area contributed by atoms with Crippen molar-refractivity contribution in [2.75, 3.05) is 33.7 Å². The van der Waals surface area contributed by atoms with Gasteiger partial charge in [-0.05, 0) is 33.0 Å². The maximum atomic E-state index is 12.7. The van der Waals surface area contributed by atoms with Crippen molar-refractivity contribution in [1.82, 2.24) is 24.7 Å². The van der Waals surface area contributed by atoms with E-state index in [4.69, 9.17) is 0 Å². The minimum absolute atomic E-state index is 0.201. The van der Waals surface area contributed by atoms with Gasteiger partial charge >= 0.3 is 0 Å². The van der Waals surface area contributed by atoms with Crippen LogP contribution in [0.4, 0.5) is 0 Å². The largest absolute Gasteiger partial charge is 0.313 e. The van der Waals surface area contributed by atoms with Crippen LogP contribution in [0.25, 0.3) is 0 Å². The Kier molecular flexibility index (Phi) is 5.37.